The van der Waals surface area contributed by atoms with Gasteiger partial charge in [0.05, 0.1) is 18.3 Å². The van der Waals surface area contributed by atoms with Gasteiger partial charge in [-0.2, -0.15) is 0 Å². The third-order valence-electron chi connectivity index (χ3n) is 2.78. The molecular weight excluding hydrogens is 260 g/mol. The zero-order valence-corrected chi connectivity index (χ0v) is 11.2. The van der Waals surface area contributed by atoms with Crippen LogP contribution in [0.5, 0.6) is 0 Å². The maximum Gasteiger partial charge on any atom is 0.263 e. The van der Waals surface area contributed by atoms with Gasteiger partial charge in [0.2, 0.25) is 0 Å². The van der Waals surface area contributed by atoms with E-state index in [2.05, 4.69) is 5.32 Å². The average molecular weight is 276 g/mol. The van der Waals surface area contributed by atoms with Crippen LogP contribution < -0.4 is 11.1 Å². The van der Waals surface area contributed by atoms with E-state index in [4.69, 9.17) is 5.73 Å². The SMILES string of the molecule is Nc1ccsc1C(=O)NC(CO)Cc1ccccc1. The number of nitrogens with two attached hydrogens (primary N) is 1. The maximum atomic E-state index is 12.0. The minimum Gasteiger partial charge on any atom is -0.397 e. The molecule has 1 aromatic carbocycles. The Bertz CT molecular complexity index is 539. The number of rotatable bonds is 5. The molecule has 0 aliphatic carbocycles. The van der Waals surface area contributed by atoms with Gasteiger partial charge >= 0.3 is 0 Å². The first kappa shape index (κ1) is 13.6. The number of hydrogen-bond donors (Lipinski definition) is 3. The van der Waals surface area contributed by atoms with E-state index in [0.29, 0.717) is 17.0 Å². The molecule has 0 bridgehead atoms. The summed E-state index contributed by atoms with van der Waals surface area (Å²) in [5.41, 5.74) is 7.24. The first-order valence-corrected chi connectivity index (χ1v) is 6.87. The van der Waals surface area contributed by atoms with Crippen LogP contribution in [0.3, 0.4) is 0 Å². The minimum absolute atomic E-state index is 0.105. The van der Waals surface area contributed by atoms with E-state index in [1.54, 1.807) is 11.4 Å². The highest BCUT2D eigenvalue weighted by Gasteiger charge is 2.16. The normalized spacial score (nSPS) is 12.1. The topological polar surface area (TPSA) is 75.4 Å². The Morgan fingerprint density at radius 1 is 1.32 bits per heavy atom. The lowest BCUT2D eigenvalue weighted by Crippen LogP contribution is -2.39. The van der Waals surface area contributed by atoms with Crippen molar-refractivity contribution in [1.82, 2.24) is 5.32 Å². The fourth-order valence-electron chi connectivity index (χ4n) is 1.81. The van der Waals surface area contributed by atoms with Crippen molar-refractivity contribution in [3.8, 4) is 0 Å². The number of thiophene rings is 1. The van der Waals surface area contributed by atoms with Crippen molar-refractivity contribution in [3.63, 3.8) is 0 Å². The second-order valence-corrected chi connectivity index (χ2v) is 5.16. The number of carbonyl (C=O) groups excluding carboxylic acids is 1. The highest BCUT2D eigenvalue weighted by molar-refractivity contribution is 7.12. The Morgan fingerprint density at radius 2 is 2.05 bits per heavy atom. The van der Waals surface area contributed by atoms with E-state index >= 15 is 0 Å². The summed E-state index contributed by atoms with van der Waals surface area (Å²) >= 11 is 1.30. The number of anilines is 1. The van der Waals surface area contributed by atoms with Crippen molar-refractivity contribution in [2.45, 2.75) is 12.5 Å². The van der Waals surface area contributed by atoms with E-state index in [-0.39, 0.29) is 18.6 Å². The van der Waals surface area contributed by atoms with E-state index in [9.17, 15) is 9.90 Å². The molecule has 1 heterocycles. The molecule has 0 aliphatic rings. The van der Waals surface area contributed by atoms with Gasteiger partial charge < -0.3 is 16.2 Å². The number of hydrogen-bond acceptors (Lipinski definition) is 4. The number of nitrogens with one attached hydrogen (secondary N) is 1. The number of carbonyl (C=O) groups is 1. The third-order valence-corrected chi connectivity index (χ3v) is 3.71. The zero-order valence-electron chi connectivity index (χ0n) is 10.4. The molecule has 1 unspecified atom stereocenters. The van der Waals surface area contributed by atoms with Gasteiger partial charge in [-0.25, -0.2) is 0 Å². The zero-order chi connectivity index (χ0) is 13.7. The molecule has 5 heteroatoms. The number of nitrogen functional groups attached to an aromatic ring is 1. The summed E-state index contributed by atoms with van der Waals surface area (Å²) < 4.78 is 0. The van der Waals surface area contributed by atoms with Crippen molar-refractivity contribution in [2.24, 2.45) is 0 Å². The molecule has 1 amide bonds. The molecule has 19 heavy (non-hydrogen) atoms. The number of aliphatic hydroxyl groups is 1. The highest BCUT2D eigenvalue weighted by atomic mass is 32.1. The summed E-state index contributed by atoms with van der Waals surface area (Å²) in [6.07, 6.45) is 0.592. The van der Waals surface area contributed by atoms with Crippen LogP contribution in [0.1, 0.15) is 15.2 Å². The number of aliphatic hydroxyl groups excluding tert-OH is 1. The Balaban J connectivity index is 2.00. The van der Waals surface area contributed by atoms with Crippen molar-refractivity contribution >= 4 is 22.9 Å². The van der Waals surface area contributed by atoms with E-state index in [1.807, 2.05) is 30.3 Å². The molecule has 0 fully saturated rings. The first-order chi connectivity index (χ1) is 9.20. The predicted octanol–water partition coefficient (Wildman–Crippen LogP) is 1.66. The lowest BCUT2D eigenvalue weighted by atomic mass is 10.1. The fourth-order valence-corrected chi connectivity index (χ4v) is 2.54. The first-order valence-electron chi connectivity index (χ1n) is 5.99. The molecule has 0 radical (unpaired) electrons. The number of amides is 1. The van der Waals surface area contributed by atoms with Crippen LogP contribution >= 0.6 is 11.3 Å². The molecule has 2 rings (SSSR count). The van der Waals surface area contributed by atoms with Crippen molar-refractivity contribution in [2.75, 3.05) is 12.3 Å². The van der Waals surface area contributed by atoms with Crippen LogP contribution in [0.4, 0.5) is 5.69 Å². The molecule has 4 nitrogen and oxygen atoms in total. The van der Waals surface area contributed by atoms with Crippen molar-refractivity contribution < 1.29 is 9.90 Å². The van der Waals surface area contributed by atoms with Crippen LogP contribution in [0.2, 0.25) is 0 Å². The van der Waals surface area contributed by atoms with Crippen LogP contribution in [0.25, 0.3) is 0 Å². The molecule has 100 valence electrons. The lowest BCUT2D eigenvalue weighted by Gasteiger charge is -2.16. The molecule has 4 N–H and O–H groups in total. The summed E-state index contributed by atoms with van der Waals surface area (Å²) in [6, 6.07) is 11.1. The molecular formula is C14H16N2O2S. The summed E-state index contributed by atoms with van der Waals surface area (Å²) in [6.45, 7) is -0.105. The second-order valence-electron chi connectivity index (χ2n) is 4.25. The number of benzene rings is 1. The molecule has 0 spiro atoms. The van der Waals surface area contributed by atoms with E-state index < -0.39 is 0 Å². The van der Waals surface area contributed by atoms with Gasteiger partial charge in [-0.1, -0.05) is 30.3 Å². The Kier molecular flexibility index (Phi) is 4.54. The van der Waals surface area contributed by atoms with Crippen LogP contribution in [0, 0.1) is 0 Å². The van der Waals surface area contributed by atoms with Gasteiger partial charge in [-0.15, -0.1) is 11.3 Å². The Labute approximate surface area is 115 Å². The summed E-state index contributed by atoms with van der Waals surface area (Å²) in [4.78, 5) is 12.5. The van der Waals surface area contributed by atoms with Crippen LogP contribution in [-0.2, 0) is 6.42 Å². The molecule has 2 aromatic rings. The predicted molar refractivity (Wildman–Crippen MR) is 77.2 cm³/mol. The Morgan fingerprint density at radius 3 is 2.63 bits per heavy atom. The van der Waals surface area contributed by atoms with Gasteiger partial charge in [0, 0.05) is 0 Å². The molecule has 1 aromatic heterocycles. The van der Waals surface area contributed by atoms with Crippen molar-refractivity contribution in [1.29, 1.82) is 0 Å². The van der Waals surface area contributed by atoms with Crippen LogP contribution in [-0.4, -0.2) is 23.7 Å². The van der Waals surface area contributed by atoms with Crippen molar-refractivity contribution in [3.05, 3.63) is 52.2 Å². The highest BCUT2D eigenvalue weighted by Crippen LogP contribution is 2.18. The Hall–Kier alpha value is -1.85. The van der Waals surface area contributed by atoms with Gasteiger partial charge in [0.1, 0.15) is 4.88 Å². The fraction of sp³-hybridized carbons (Fsp3) is 0.214. The smallest absolute Gasteiger partial charge is 0.263 e. The molecule has 1 atom stereocenters. The average Bonchev–Trinajstić information content (AvgIpc) is 2.85. The monoisotopic (exact) mass is 276 g/mol. The third kappa shape index (κ3) is 3.56. The van der Waals surface area contributed by atoms with E-state index in [1.165, 1.54) is 11.3 Å². The molecule has 0 aliphatic heterocycles. The standard InChI is InChI=1S/C14H16N2O2S/c15-12-6-7-19-13(12)14(18)16-11(9-17)8-10-4-2-1-3-5-10/h1-7,11,17H,8-9,15H2,(H,16,18). The van der Waals surface area contributed by atoms with Gasteiger partial charge in [-0.3, -0.25) is 4.79 Å². The molecule has 0 saturated heterocycles. The summed E-state index contributed by atoms with van der Waals surface area (Å²) in [5.74, 6) is -0.234. The summed E-state index contributed by atoms with van der Waals surface area (Å²) in [7, 11) is 0. The lowest BCUT2D eigenvalue weighted by molar-refractivity contribution is 0.0921. The largest absolute Gasteiger partial charge is 0.397 e. The maximum absolute atomic E-state index is 12.0. The van der Waals surface area contributed by atoms with Crippen LogP contribution in [0.15, 0.2) is 41.8 Å². The van der Waals surface area contributed by atoms with Gasteiger partial charge in [0.25, 0.3) is 5.91 Å². The minimum atomic E-state index is -0.309. The summed E-state index contributed by atoms with van der Waals surface area (Å²) in [5, 5.41) is 13.9. The molecule has 0 saturated carbocycles. The van der Waals surface area contributed by atoms with Gasteiger partial charge in [0.15, 0.2) is 0 Å². The second kappa shape index (κ2) is 6.36. The van der Waals surface area contributed by atoms with Gasteiger partial charge in [-0.05, 0) is 23.4 Å². The van der Waals surface area contributed by atoms with E-state index in [0.717, 1.165) is 5.56 Å². The quantitative estimate of drug-likeness (QED) is 0.777.